The molecule has 0 rings (SSSR count). The van der Waals surface area contributed by atoms with Gasteiger partial charge in [-0.1, -0.05) is 17.7 Å². The first-order valence-corrected chi connectivity index (χ1v) is 3.97. The highest BCUT2D eigenvalue weighted by Gasteiger charge is 2.12. The molecule has 11 heavy (non-hydrogen) atoms. The molecule has 1 nitrogen and oxygen atoms in total. The van der Waals surface area contributed by atoms with Crippen LogP contribution in [0.4, 0.5) is 0 Å². The maximum Gasteiger partial charge on any atom is 0.0800 e. The summed E-state index contributed by atoms with van der Waals surface area (Å²) >= 11 is 0. The molecule has 0 fully saturated rings. The SMILES string of the molecule is C=CC(C)(O)CCC=[13C]([13CH3])[13CH3]. The molecule has 0 aromatic carbocycles. The van der Waals surface area contributed by atoms with Crippen molar-refractivity contribution in [2.24, 2.45) is 0 Å². The maximum atomic E-state index is 9.49. The zero-order chi connectivity index (χ0) is 8.91. The second-order valence-electron chi connectivity index (χ2n) is 3.38. The van der Waals surface area contributed by atoms with E-state index in [1.807, 2.05) is 0 Å². The first-order chi connectivity index (χ1) is 4.98. The van der Waals surface area contributed by atoms with Crippen LogP contribution in [-0.4, -0.2) is 10.7 Å². The Hall–Kier alpha value is -0.560. The molecule has 0 heterocycles. The van der Waals surface area contributed by atoms with E-state index in [1.165, 1.54) is 5.57 Å². The first kappa shape index (κ1) is 10.4. The number of hydrogen-bond donors (Lipinski definition) is 1. The zero-order valence-electron chi connectivity index (χ0n) is 7.72. The van der Waals surface area contributed by atoms with E-state index in [1.54, 1.807) is 13.0 Å². The summed E-state index contributed by atoms with van der Waals surface area (Å²) in [5, 5.41) is 9.49. The molecule has 0 amide bonds. The molecule has 0 aliphatic rings. The normalized spacial score (nSPS) is 15.3. The van der Waals surface area contributed by atoms with Gasteiger partial charge in [0.15, 0.2) is 0 Å². The van der Waals surface area contributed by atoms with Gasteiger partial charge in [-0.25, -0.2) is 0 Å². The third-order valence-electron chi connectivity index (χ3n) is 1.64. The van der Waals surface area contributed by atoms with Gasteiger partial charge in [-0.15, -0.1) is 6.58 Å². The molecular formula is C10H18O. The van der Waals surface area contributed by atoms with E-state index in [0.717, 1.165) is 12.8 Å². The fourth-order valence-electron chi connectivity index (χ4n) is 0.755. The number of rotatable bonds is 4. The van der Waals surface area contributed by atoms with Crippen LogP contribution in [0.1, 0.15) is 33.6 Å². The van der Waals surface area contributed by atoms with Crippen LogP contribution in [0.5, 0.6) is 0 Å². The van der Waals surface area contributed by atoms with Crippen LogP contribution in [-0.2, 0) is 0 Å². The van der Waals surface area contributed by atoms with Crippen molar-refractivity contribution in [2.45, 2.75) is 39.2 Å². The number of aliphatic hydroxyl groups is 1. The second-order valence-corrected chi connectivity index (χ2v) is 3.38. The Morgan fingerprint density at radius 2 is 2.09 bits per heavy atom. The van der Waals surface area contributed by atoms with E-state index in [4.69, 9.17) is 0 Å². The van der Waals surface area contributed by atoms with Crippen molar-refractivity contribution in [1.29, 1.82) is 0 Å². The highest BCUT2D eigenvalue weighted by molar-refractivity contribution is 4.97. The Labute approximate surface area is 69.4 Å². The lowest BCUT2D eigenvalue weighted by Gasteiger charge is -2.16. The van der Waals surface area contributed by atoms with E-state index in [2.05, 4.69) is 26.5 Å². The molecule has 0 aliphatic heterocycles. The lowest BCUT2D eigenvalue weighted by Crippen LogP contribution is -2.19. The van der Waals surface area contributed by atoms with E-state index >= 15 is 0 Å². The van der Waals surface area contributed by atoms with Gasteiger partial charge in [0.2, 0.25) is 0 Å². The Balaban J connectivity index is 3.71. The maximum absolute atomic E-state index is 9.49. The molecule has 0 aromatic rings. The van der Waals surface area contributed by atoms with Gasteiger partial charge in [0.25, 0.3) is 0 Å². The lowest BCUT2D eigenvalue weighted by molar-refractivity contribution is 0.103. The van der Waals surface area contributed by atoms with Gasteiger partial charge in [-0.2, -0.15) is 0 Å². The molecule has 1 heteroatoms. The zero-order valence-corrected chi connectivity index (χ0v) is 7.72. The van der Waals surface area contributed by atoms with Crippen LogP contribution in [0.25, 0.3) is 0 Å². The van der Waals surface area contributed by atoms with Gasteiger partial charge in [-0.05, 0) is 33.6 Å². The van der Waals surface area contributed by atoms with Crippen LogP contribution in [0.3, 0.4) is 0 Å². The van der Waals surface area contributed by atoms with Crippen molar-refractivity contribution in [3.8, 4) is 0 Å². The van der Waals surface area contributed by atoms with E-state index in [9.17, 15) is 5.11 Å². The summed E-state index contributed by atoms with van der Waals surface area (Å²) in [6, 6.07) is 0. The Bertz CT molecular complexity index is 150. The van der Waals surface area contributed by atoms with E-state index in [0.29, 0.717) is 0 Å². The Morgan fingerprint density at radius 1 is 1.55 bits per heavy atom. The van der Waals surface area contributed by atoms with Crippen LogP contribution in [0, 0.1) is 0 Å². The molecule has 0 saturated carbocycles. The monoisotopic (exact) mass is 157 g/mol. The molecule has 0 bridgehead atoms. The van der Waals surface area contributed by atoms with Gasteiger partial charge in [0.1, 0.15) is 0 Å². The average Bonchev–Trinajstić information content (AvgIpc) is 1.87. The Morgan fingerprint density at radius 3 is 2.45 bits per heavy atom. The molecule has 0 saturated heterocycles. The summed E-state index contributed by atoms with van der Waals surface area (Å²) < 4.78 is 0. The third-order valence-corrected chi connectivity index (χ3v) is 1.64. The third kappa shape index (κ3) is 5.86. The quantitative estimate of drug-likeness (QED) is 0.491. The van der Waals surface area contributed by atoms with Gasteiger partial charge in [-0.3, -0.25) is 0 Å². The second kappa shape index (κ2) is 4.35. The predicted octanol–water partition coefficient (Wildman–Crippen LogP) is 2.67. The van der Waals surface area contributed by atoms with Crippen LogP contribution < -0.4 is 0 Å². The van der Waals surface area contributed by atoms with Crippen molar-refractivity contribution in [2.75, 3.05) is 0 Å². The summed E-state index contributed by atoms with van der Waals surface area (Å²) in [6.45, 7) is 9.45. The number of hydrogen-bond acceptors (Lipinski definition) is 1. The van der Waals surface area contributed by atoms with Crippen molar-refractivity contribution < 1.29 is 5.11 Å². The minimum absolute atomic E-state index is 0.702. The van der Waals surface area contributed by atoms with Crippen molar-refractivity contribution in [3.05, 3.63) is 24.3 Å². The first-order valence-electron chi connectivity index (χ1n) is 3.97. The molecule has 1 atom stereocenters. The van der Waals surface area contributed by atoms with Gasteiger partial charge in [0.05, 0.1) is 5.60 Å². The Kier molecular flexibility index (Phi) is 4.12. The fraction of sp³-hybridized carbons (Fsp3) is 0.600. The summed E-state index contributed by atoms with van der Waals surface area (Å²) in [4.78, 5) is 0. The molecule has 0 spiro atoms. The minimum atomic E-state index is -0.702. The number of allylic oxidation sites excluding steroid dienone is 2. The highest BCUT2D eigenvalue weighted by atomic mass is 16.3. The summed E-state index contributed by atoms with van der Waals surface area (Å²) in [5.41, 5.74) is 0.594. The molecule has 64 valence electrons. The summed E-state index contributed by atoms with van der Waals surface area (Å²) in [7, 11) is 0. The van der Waals surface area contributed by atoms with Crippen molar-refractivity contribution >= 4 is 0 Å². The van der Waals surface area contributed by atoms with Crippen LogP contribution >= 0.6 is 0 Å². The molecule has 1 unspecified atom stereocenters. The van der Waals surface area contributed by atoms with E-state index < -0.39 is 5.60 Å². The minimum Gasteiger partial charge on any atom is -0.386 e. The average molecular weight is 157 g/mol. The molecule has 0 radical (unpaired) electrons. The molecular weight excluding hydrogens is 139 g/mol. The lowest BCUT2D eigenvalue weighted by atomic mass is 10.0. The topological polar surface area (TPSA) is 20.2 Å². The van der Waals surface area contributed by atoms with E-state index in [-0.39, 0.29) is 0 Å². The molecule has 0 aliphatic carbocycles. The van der Waals surface area contributed by atoms with Gasteiger partial charge < -0.3 is 5.11 Å². The largest absolute Gasteiger partial charge is 0.386 e. The van der Waals surface area contributed by atoms with Crippen molar-refractivity contribution in [1.82, 2.24) is 0 Å². The summed E-state index contributed by atoms with van der Waals surface area (Å²) in [6.07, 6.45) is 5.38. The van der Waals surface area contributed by atoms with Crippen LogP contribution in [0.15, 0.2) is 24.3 Å². The van der Waals surface area contributed by atoms with Gasteiger partial charge >= 0.3 is 0 Å². The molecule has 0 aromatic heterocycles. The molecule has 1 N–H and O–H groups in total. The van der Waals surface area contributed by atoms with Crippen LogP contribution in [0.2, 0.25) is 0 Å². The van der Waals surface area contributed by atoms with Crippen molar-refractivity contribution in [3.63, 3.8) is 0 Å². The predicted molar refractivity (Wildman–Crippen MR) is 49.5 cm³/mol. The highest BCUT2D eigenvalue weighted by Crippen LogP contribution is 2.13. The smallest absolute Gasteiger partial charge is 0.0800 e. The summed E-state index contributed by atoms with van der Waals surface area (Å²) in [5.74, 6) is 0. The fourth-order valence-corrected chi connectivity index (χ4v) is 0.755. The van der Waals surface area contributed by atoms with Gasteiger partial charge in [0, 0.05) is 0 Å². The standard InChI is InChI=1S/C10H18O/c1-5-10(4,11)8-6-7-9(2)3/h5,7,11H,1,6,8H2,2-4H3/i2+1,3+1,9+1.